The number of amides is 1. The molecule has 0 atom stereocenters. The lowest BCUT2D eigenvalue weighted by Crippen LogP contribution is -2.16. The van der Waals surface area contributed by atoms with Crippen molar-refractivity contribution in [2.75, 3.05) is 6.54 Å². The van der Waals surface area contributed by atoms with Crippen molar-refractivity contribution < 1.29 is 4.79 Å². The monoisotopic (exact) mass is 204 g/mol. The van der Waals surface area contributed by atoms with Gasteiger partial charge in [0.05, 0.1) is 0 Å². The summed E-state index contributed by atoms with van der Waals surface area (Å²) in [5.41, 5.74) is 0.688. The molecule has 81 valence electrons. The summed E-state index contributed by atoms with van der Waals surface area (Å²) in [7, 11) is 0. The summed E-state index contributed by atoms with van der Waals surface area (Å²) in [4.78, 5) is 11.5. The van der Waals surface area contributed by atoms with Crippen LogP contribution < -0.4 is 5.32 Å². The maximum Gasteiger partial charge on any atom is 0.272 e. The minimum atomic E-state index is -0.0906. The lowest BCUT2D eigenvalue weighted by atomic mass is 10.2. The molecule has 2 nitrogen and oxygen atoms in total. The van der Waals surface area contributed by atoms with Crippen molar-refractivity contribution in [2.45, 2.75) is 32.6 Å². The van der Waals surface area contributed by atoms with E-state index in [1.807, 2.05) is 18.2 Å². The SMILES string of the molecule is CCCCCC[N]C(=O)c1ccccc1. The van der Waals surface area contributed by atoms with Crippen molar-refractivity contribution in [1.29, 1.82) is 0 Å². The van der Waals surface area contributed by atoms with Gasteiger partial charge in [-0.15, -0.1) is 0 Å². The molecule has 0 aromatic heterocycles. The van der Waals surface area contributed by atoms with E-state index >= 15 is 0 Å². The second-order valence-corrected chi connectivity index (χ2v) is 3.61. The Bertz CT molecular complexity index is 282. The van der Waals surface area contributed by atoms with Gasteiger partial charge in [0.2, 0.25) is 0 Å². The number of rotatable bonds is 6. The summed E-state index contributed by atoms with van der Waals surface area (Å²) < 4.78 is 0. The number of benzene rings is 1. The van der Waals surface area contributed by atoms with Crippen molar-refractivity contribution in [3.05, 3.63) is 35.9 Å². The van der Waals surface area contributed by atoms with Gasteiger partial charge in [0, 0.05) is 12.1 Å². The number of carbonyl (C=O) groups excluding carboxylic acids is 1. The Morgan fingerprint density at radius 2 is 1.87 bits per heavy atom. The Kier molecular flexibility index (Phi) is 5.52. The first-order valence-electron chi connectivity index (χ1n) is 5.61. The molecule has 0 heterocycles. The summed E-state index contributed by atoms with van der Waals surface area (Å²) >= 11 is 0. The average molecular weight is 204 g/mol. The molecule has 0 unspecified atom stereocenters. The Morgan fingerprint density at radius 3 is 2.53 bits per heavy atom. The van der Waals surface area contributed by atoms with Gasteiger partial charge in [-0.05, 0) is 18.6 Å². The van der Waals surface area contributed by atoms with Crippen molar-refractivity contribution in [1.82, 2.24) is 5.32 Å². The first-order valence-corrected chi connectivity index (χ1v) is 5.61. The lowest BCUT2D eigenvalue weighted by Gasteiger charge is -2.01. The molecular formula is C13H18NO. The van der Waals surface area contributed by atoms with Gasteiger partial charge in [0.25, 0.3) is 5.91 Å². The predicted octanol–water partition coefficient (Wildman–Crippen LogP) is 3.01. The Hall–Kier alpha value is -1.31. The summed E-state index contributed by atoms with van der Waals surface area (Å²) in [5.74, 6) is -0.0906. The van der Waals surface area contributed by atoms with E-state index in [1.54, 1.807) is 12.1 Å². The summed E-state index contributed by atoms with van der Waals surface area (Å²) in [6, 6.07) is 9.23. The summed E-state index contributed by atoms with van der Waals surface area (Å²) in [6.45, 7) is 2.83. The molecule has 1 rings (SSSR count). The van der Waals surface area contributed by atoms with Gasteiger partial charge >= 0.3 is 0 Å². The summed E-state index contributed by atoms with van der Waals surface area (Å²) in [5, 5.41) is 4.03. The quantitative estimate of drug-likeness (QED) is 0.655. The van der Waals surface area contributed by atoms with Crippen LogP contribution in [0.1, 0.15) is 43.0 Å². The van der Waals surface area contributed by atoms with Crippen molar-refractivity contribution in [3.8, 4) is 0 Å². The Labute approximate surface area is 91.7 Å². The van der Waals surface area contributed by atoms with Crippen molar-refractivity contribution >= 4 is 5.91 Å². The maximum atomic E-state index is 11.5. The van der Waals surface area contributed by atoms with Crippen LogP contribution in [0.3, 0.4) is 0 Å². The van der Waals surface area contributed by atoms with Crippen LogP contribution in [0, 0.1) is 0 Å². The van der Waals surface area contributed by atoms with Crippen LogP contribution in [-0.4, -0.2) is 12.5 Å². The number of nitrogens with zero attached hydrogens (tertiary/aromatic N) is 1. The van der Waals surface area contributed by atoms with Crippen LogP contribution in [0.15, 0.2) is 30.3 Å². The zero-order chi connectivity index (χ0) is 10.9. The van der Waals surface area contributed by atoms with E-state index in [0.717, 1.165) is 6.42 Å². The molecule has 0 fully saturated rings. The van der Waals surface area contributed by atoms with Gasteiger partial charge in [-0.25, -0.2) is 5.32 Å². The highest BCUT2D eigenvalue weighted by atomic mass is 16.1. The predicted molar refractivity (Wildman–Crippen MR) is 61.9 cm³/mol. The van der Waals surface area contributed by atoms with Crippen LogP contribution in [0.25, 0.3) is 0 Å². The van der Waals surface area contributed by atoms with Crippen molar-refractivity contribution in [3.63, 3.8) is 0 Å². The normalized spacial score (nSPS) is 9.93. The molecule has 1 radical (unpaired) electrons. The van der Waals surface area contributed by atoms with E-state index < -0.39 is 0 Å². The highest BCUT2D eigenvalue weighted by Gasteiger charge is 2.04. The highest BCUT2D eigenvalue weighted by Crippen LogP contribution is 2.01. The molecule has 1 aromatic rings. The molecular weight excluding hydrogens is 186 g/mol. The average Bonchev–Trinajstić information content (AvgIpc) is 2.30. The van der Waals surface area contributed by atoms with Crippen LogP contribution in [0.2, 0.25) is 0 Å². The Balaban J connectivity index is 2.20. The van der Waals surface area contributed by atoms with Crippen LogP contribution >= 0.6 is 0 Å². The molecule has 1 aromatic carbocycles. The van der Waals surface area contributed by atoms with E-state index in [0.29, 0.717) is 12.1 Å². The second-order valence-electron chi connectivity index (χ2n) is 3.61. The molecule has 0 aliphatic carbocycles. The van der Waals surface area contributed by atoms with Crippen molar-refractivity contribution in [2.24, 2.45) is 0 Å². The number of unbranched alkanes of at least 4 members (excludes halogenated alkanes) is 3. The highest BCUT2D eigenvalue weighted by molar-refractivity contribution is 5.93. The molecule has 0 bridgehead atoms. The molecule has 1 amide bonds. The van der Waals surface area contributed by atoms with E-state index in [2.05, 4.69) is 12.2 Å². The van der Waals surface area contributed by atoms with Gasteiger partial charge in [0.15, 0.2) is 0 Å². The van der Waals surface area contributed by atoms with E-state index in [-0.39, 0.29) is 5.91 Å². The Morgan fingerprint density at radius 1 is 1.13 bits per heavy atom. The third kappa shape index (κ3) is 4.63. The van der Waals surface area contributed by atoms with E-state index in [1.165, 1.54) is 19.3 Å². The first kappa shape index (κ1) is 11.8. The molecule has 2 heteroatoms. The second kappa shape index (κ2) is 7.04. The third-order valence-electron chi connectivity index (χ3n) is 2.29. The minimum Gasteiger partial charge on any atom is -0.267 e. The van der Waals surface area contributed by atoms with Crippen LogP contribution in [-0.2, 0) is 0 Å². The van der Waals surface area contributed by atoms with Crippen LogP contribution in [0.5, 0.6) is 0 Å². The van der Waals surface area contributed by atoms with Gasteiger partial charge in [-0.1, -0.05) is 44.4 Å². The first-order chi connectivity index (χ1) is 7.34. The smallest absolute Gasteiger partial charge is 0.267 e. The molecule has 0 saturated heterocycles. The lowest BCUT2D eigenvalue weighted by molar-refractivity contribution is 0.0948. The zero-order valence-electron chi connectivity index (χ0n) is 9.28. The fourth-order valence-electron chi connectivity index (χ4n) is 1.39. The standard InChI is InChI=1S/C13H18NO/c1-2-3-4-8-11-14-13(15)12-9-6-5-7-10-12/h5-7,9-10H,2-4,8,11H2,1H3. The number of carbonyl (C=O) groups is 1. The van der Waals surface area contributed by atoms with Gasteiger partial charge in [-0.3, -0.25) is 4.79 Å². The molecule has 0 N–H and O–H groups in total. The molecule has 0 aliphatic rings. The largest absolute Gasteiger partial charge is 0.272 e. The fourth-order valence-corrected chi connectivity index (χ4v) is 1.39. The molecule has 0 spiro atoms. The maximum absolute atomic E-state index is 11.5. The van der Waals surface area contributed by atoms with Gasteiger partial charge < -0.3 is 0 Å². The topological polar surface area (TPSA) is 31.2 Å². The number of hydrogen-bond donors (Lipinski definition) is 0. The van der Waals surface area contributed by atoms with E-state index in [4.69, 9.17) is 0 Å². The molecule has 0 saturated carbocycles. The molecule has 0 aliphatic heterocycles. The molecule has 15 heavy (non-hydrogen) atoms. The van der Waals surface area contributed by atoms with Gasteiger partial charge in [-0.2, -0.15) is 0 Å². The van der Waals surface area contributed by atoms with Crippen LogP contribution in [0.4, 0.5) is 0 Å². The number of hydrogen-bond acceptors (Lipinski definition) is 1. The summed E-state index contributed by atoms with van der Waals surface area (Å²) in [6.07, 6.45) is 4.64. The van der Waals surface area contributed by atoms with E-state index in [9.17, 15) is 4.79 Å². The zero-order valence-corrected chi connectivity index (χ0v) is 9.28. The minimum absolute atomic E-state index is 0.0906. The fraction of sp³-hybridized carbons (Fsp3) is 0.462. The van der Waals surface area contributed by atoms with Gasteiger partial charge in [0.1, 0.15) is 0 Å². The third-order valence-corrected chi connectivity index (χ3v) is 2.29.